The predicted molar refractivity (Wildman–Crippen MR) is 167 cm³/mol. The number of carbonyl (C=O) groups is 2. The topological polar surface area (TPSA) is 120 Å². The lowest BCUT2D eigenvalue weighted by molar-refractivity contribution is -0.132. The van der Waals surface area contributed by atoms with Gasteiger partial charge in [0.15, 0.2) is 27.3 Å². The second-order valence-corrected chi connectivity index (χ2v) is 12.0. The van der Waals surface area contributed by atoms with E-state index < -0.39 is 17.7 Å². The van der Waals surface area contributed by atoms with Gasteiger partial charge in [-0.25, -0.2) is 4.39 Å². The zero-order chi connectivity index (χ0) is 31.5. The summed E-state index contributed by atoms with van der Waals surface area (Å²) in [6.45, 7) is 5.16. The Hall–Kier alpha value is -4.62. The Kier molecular flexibility index (Phi) is 8.90. The van der Waals surface area contributed by atoms with Crippen LogP contribution in [-0.4, -0.2) is 53.4 Å². The Morgan fingerprint density at radius 2 is 1.76 bits per heavy atom. The van der Waals surface area contributed by atoms with Gasteiger partial charge in [0.25, 0.3) is 5.78 Å². The minimum atomic E-state index is -1.08. The molecule has 2 aliphatic heterocycles. The Balaban J connectivity index is 1.43. The molecule has 2 aliphatic rings. The third-order valence-corrected chi connectivity index (χ3v) is 9.16. The SMILES string of the molecule is CCOc1ccc([C@H]2/C(=C(\O)c3ccc4c(c3)OCCO4)C(=O)C(=O)N2c2nnc(SCc3ccccc3F)s2)cc1OCC. The highest BCUT2D eigenvalue weighted by molar-refractivity contribution is 8.00. The standard InChI is InChI=1S/C32H28FN3O7S2/c1-3-40-22-11-9-18(15-24(22)41-4-2)27-26(28(37)19-10-12-23-25(16-19)43-14-13-42-23)29(38)30(39)36(27)31-34-35-32(45-31)44-17-20-7-5-6-8-21(20)33/h5-12,15-16,27,37H,3-4,13-14,17H2,1-2H3/b28-26+/t27-/m0/s1. The molecule has 0 bridgehead atoms. The summed E-state index contributed by atoms with van der Waals surface area (Å²) in [7, 11) is 0. The van der Waals surface area contributed by atoms with E-state index in [1.54, 1.807) is 54.6 Å². The van der Waals surface area contributed by atoms with E-state index in [0.717, 1.165) is 11.3 Å². The first-order valence-corrected chi connectivity index (χ1v) is 16.0. The van der Waals surface area contributed by atoms with Crippen molar-refractivity contribution >= 4 is 45.7 Å². The highest BCUT2D eigenvalue weighted by atomic mass is 32.2. The van der Waals surface area contributed by atoms with Gasteiger partial charge in [-0.05, 0) is 61.4 Å². The maximum atomic E-state index is 14.2. The van der Waals surface area contributed by atoms with Crippen molar-refractivity contribution in [3.63, 3.8) is 0 Å². The molecule has 13 heteroatoms. The third kappa shape index (κ3) is 6.05. The van der Waals surface area contributed by atoms with Crippen molar-refractivity contribution in [3.8, 4) is 23.0 Å². The molecular formula is C32H28FN3O7S2. The summed E-state index contributed by atoms with van der Waals surface area (Å²) >= 11 is 2.35. The summed E-state index contributed by atoms with van der Waals surface area (Å²) in [6.07, 6.45) is 0. The molecular weight excluding hydrogens is 621 g/mol. The maximum Gasteiger partial charge on any atom is 0.301 e. The smallest absolute Gasteiger partial charge is 0.301 e. The minimum Gasteiger partial charge on any atom is -0.507 e. The number of Topliss-reactive ketones (excluding diaryl/α,β-unsaturated/α-hetero) is 1. The number of aliphatic hydroxyl groups is 1. The molecule has 0 unspecified atom stereocenters. The number of ketones is 1. The fourth-order valence-electron chi connectivity index (χ4n) is 5.04. The molecule has 4 aromatic rings. The molecule has 6 rings (SSSR count). The fraction of sp³-hybridized carbons (Fsp3) is 0.250. The van der Waals surface area contributed by atoms with E-state index in [1.807, 2.05) is 13.8 Å². The quantitative estimate of drug-likeness (QED) is 0.0703. The van der Waals surface area contributed by atoms with E-state index in [2.05, 4.69) is 10.2 Å². The Morgan fingerprint density at radius 1 is 1.00 bits per heavy atom. The summed E-state index contributed by atoms with van der Waals surface area (Å²) < 4.78 is 37.5. The number of thioether (sulfide) groups is 1. The van der Waals surface area contributed by atoms with Crippen LogP contribution in [0.1, 0.15) is 36.6 Å². The molecule has 1 aromatic heterocycles. The first-order chi connectivity index (χ1) is 21.9. The highest BCUT2D eigenvalue weighted by Gasteiger charge is 2.48. The fourth-order valence-corrected chi connectivity index (χ4v) is 6.90. The van der Waals surface area contributed by atoms with Crippen LogP contribution in [0, 0.1) is 5.82 Å². The number of amides is 1. The van der Waals surface area contributed by atoms with Crippen LogP contribution in [-0.2, 0) is 15.3 Å². The van der Waals surface area contributed by atoms with Gasteiger partial charge >= 0.3 is 5.91 Å². The normalized spacial score (nSPS) is 17.0. The van der Waals surface area contributed by atoms with Gasteiger partial charge in [-0.15, -0.1) is 10.2 Å². The molecule has 1 atom stereocenters. The van der Waals surface area contributed by atoms with E-state index in [-0.39, 0.29) is 27.8 Å². The van der Waals surface area contributed by atoms with Crippen molar-refractivity contribution in [2.45, 2.75) is 30.0 Å². The lowest BCUT2D eigenvalue weighted by atomic mass is 9.95. The summed E-state index contributed by atoms with van der Waals surface area (Å²) in [5.41, 5.74) is 1.11. The highest BCUT2D eigenvalue weighted by Crippen LogP contribution is 2.46. The molecule has 0 aliphatic carbocycles. The average Bonchev–Trinajstić information content (AvgIpc) is 3.62. The molecule has 45 heavy (non-hydrogen) atoms. The zero-order valence-electron chi connectivity index (χ0n) is 24.3. The molecule has 1 saturated heterocycles. The Bertz CT molecular complexity index is 1790. The number of anilines is 1. The molecule has 3 heterocycles. The van der Waals surface area contributed by atoms with Gasteiger partial charge < -0.3 is 24.1 Å². The second-order valence-electron chi connectivity index (χ2n) is 9.83. The number of benzene rings is 3. The molecule has 1 amide bonds. The van der Waals surface area contributed by atoms with E-state index in [9.17, 15) is 19.1 Å². The number of halogens is 1. The second kappa shape index (κ2) is 13.2. The van der Waals surface area contributed by atoms with E-state index >= 15 is 0 Å². The van der Waals surface area contributed by atoms with Crippen molar-refractivity contribution in [1.82, 2.24) is 10.2 Å². The van der Waals surface area contributed by atoms with Crippen LogP contribution in [0.5, 0.6) is 23.0 Å². The summed E-state index contributed by atoms with van der Waals surface area (Å²) in [6, 6.07) is 15.3. The number of ether oxygens (including phenoxy) is 4. The maximum absolute atomic E-state index is 14.2. The van der Waals surface area contributed by atoms with Crippen molar-refractivity contribution in [1.29, 1.82) is 0 Å². The van der Waals surface area contributed by atoms with Gasteiger partial charge in [0.1, 0.15) is 24.8 Å². The molecule has 232 valence electrons. The van der Waals surface area contributed by atoms with Crippen LogP contribution in [0.15, 0.2) is 70.6 Å². The monoisotopic (exact) mass is 649 g/mol. The van der Waals surface area contributed by atoms with Gasteiger partial charge in [0.05, 0.1) is 24.8 Å². The average molecular weight is 650 g/mol. The van der Waals surface area contributed by atoms with Crippen LogP contribution < -0.4 is 23.8 Å². The molecule has 10 nitrogen and oxygen atoms in total. The van der Waals surface area contributed by atoms with Crippen molar-refractivity contribution < 1.29 is 38.0 Å². The minimum absolute atomic E-state index is 0.140. The van der Waals surface area contributed by atoms with Gasteiger partial charge in [0, 0.05) is 11.3 Å². The van der Waals surface area contributed by atoms with Crippen LogP contribution >= 0.6 is 23.1 Å². The summed E-state index contributed by atoms with van der Waals surface area (Å²) in [5, 5.41) is 20.2. The Morgan fingerprint density at radius 3 is 2.53 bits per heavy atom. The van der Waals surface area contributed by atoms with Crippen molar-refractivity contribution in [3.05, 3.63) is 88.7 Å². The van der Waals surface area contributed by atoms with E-state index in [4.69, 9.17) is 18.9 Å². The van der Waals surface area contributed by atoms with Crippen molar-refractivity contribution in [2.24, 2.45) is 0 Å². The summed E-state index contributed by atoms with van der Waals surface area (Å²) in [5.74, 6) is -0.362. The number of carbonyl (C=O) groups excluding carboxylic acids is 2. The lowest BCUT2D eigenvalue weighted by Gasteiger charge is -2.24. The first kappa shape index (κ1) is 30.4. The van der Waals surface area contributed by atoms with Gasteiger partial charge in [-0.2, -0.15) is 0 Å². The number of hydrogen-bond donors (Lipinski definition) is 1. The van der Waals surface area contributed by atoms with Gasteiger partial charge in [-0.1, -0.05) is 47.4 Å². The largest absolute Gasteiger partial charge is 0.507 e. The number of aliphatic hydroxyl groups excluding tert-OH is 1. The Labute approximate surface area is 266 Å². The molecule has 0 saturated carbocycles. The molecule has 1 N–H and O–H groups in total. The number of hydrogen-bond acceptors (Lipinski definition) is 11. The number of rotatable bonds is 10. The van der Waals surface area contributed by atoms with Crippen LogP contribution in [0.3, 0.4) is 0 Å². The molecule has 1 fully saturated rings. The predicted octanol–water partition coefficient (Wildman–Crippen LogP) is 6.16. The molecule has 0 radical (unpaired) electrons. The van der Waals surface area contributed by atoms with Gasteiger partial charge in [-0.3, -0.25) is 14.5 Å². The number of fused-ring (bicyclic) bond motifs is 1. The third-order valence-electron chi connectivity index (χ3n) is 7.05. The number of aromatic nitrogens is 2. The van der Waals surface area contributed by atoms with Gasteiger partial charge in [0.2, 0.25) is 5.13 Å². The van der Waals surface area contributed by atoms with Crippen LogP contribution in [0.2, 0.25) is 0 Å². The van der Waals surface area contributed by atoms with E-state index in [0.29, 0.717) is 70.6 Å². The first-order valence-electron chi connectivity index (χ1n) is 14.2. The molecule has 3 aromatic carbocycles. The molecule has 0 spiro atoms. The van der Waals surface area contributed by atoms with Crippen molar-refractivity contribution in [2.75, 3.05) is 31.3 Å². The van der Waals surface area contributed by atoms with Crippen LogP contribution in [0.25, 0.3) is 5.76 Å². The number of nitrogens with zero attached hydrogens (tertiary/aromatic N) is 3. The van der Waals surface area contributed by atoms with Crippen LogP contribution in [0.4, 0.5) is 9.52 Å². The van der Waals surface area contributed by atoms with E-state index in [1.165, 1.54) is 22.7 Å². The lowest BCUT2D eigenvalue weighted by Crippen LogP contribution is -2.29. The summed E-state index contributed by atoms with van der Waals surface area (Å²) in [4.78, 5) is 28.6. The zero-order valence-corrected chi connectivity index (χ0v) is 26.0.